The highest BCUT2D eigenvalue weighted by molar-refractivity contribution is 6.30. The first-order valence-corrected chi connectivity index (χ1v) is 9.82. The number of nitrogens with one attached hydrogen (secondary N) is 1. The fourth-order valence-corrected chi connectivity index (χ4v) is 3.57. The van der Waals surface area contributed by atoms with Gasteiger partial charge in [-0.25, -0.2) is 0 Å². The van der Waals surface area contributed by atoms with Gasteiger partial charge in [0.2, 0.25) is 0 Å². The minimum Gasteiger partial charge on any atom is -0.497 e. The molecule has 5 nitrogen and oxygen atoms in total. The predicted molar refractivity (Wildman–Crippen MR) is 109 cm³/mol. The second-order valence-corrected chi connectivity index (χ2v) is 7.49. The van der Waals surface area contributed by atoms with E-state index in [0.29, 0.717) is 30.5 Å². The van der Waals surface area contributed by atoms with Crippen LogP contribution < -0.4 is 14.8 Å². The normalized spacial score (nSPS) is 16.8. The van der Waals surface area contributed by atoms with Crippen LogP contribution in [0.1, 0.15) is 25.3 Å². The highest BCUT2D eigenvalue weighted by Gasteiger charge is 2.35. The molecule has 3 rings (SSSR count). The summed E-state index contributed by atoms with van der Waals surface area (Å²) in [4.78, 5) is 12.6. The second-order valence-electron chi connectivity index (χ2n) is 7.05. The Hall–Kier alpha value is -2.24. The molecule has 6 heteroatoms. The van der Waals surface area contributed by atoms with Crippen molar-refractivity contribution >= 4 is 17.5 Å². The minimum atomic E-state index is -0.603. The van der Waals surface area contributed by atoms with Crippen LogP contribution in [0.3, 0.4) is 0 Å². The van der Waals surface area contributed by atoms with Crippen molar-refractivity contribution < 1.29 is 19.0 Å². The van der Waals surface area contributed by atoms with Gasteiger partial charge in [-0.15, -0.1) is 0 Å². The largest absolute Gasteiger partial charge is 0.497 e. The maximum atomic E-state index is 12.6. The van der Waals surface area contributed by atoms with Gasteiger partial charge in [-0.3, -0.25) is 4.79 Å². The Bertz CT molecular complexity index is 770. The first kappa shape index (κ1) is 20.5. The molecular formula is C22H26ClNO4. The molecular weight excluding hydrogens is 378 g/mol. The van der Waals surface area contributed by atoms with Gasteiger partial charge in [0.1, 0.15) is 11.5 Å². The van der Waals surface area contributed by atoms with E-state index in [1.54, 1.807) is 38.3 Å². The van der Waals surface area contributed by atoms with Crippen LogP contribution in [0.25, 0.3) is 0 Å². The van der Waals surface area contributed by atoms with E-state index in [1.165, 1.54) is 5.56 Å². The van der Waals surface area contributed by atoms with Crippen LogP contribution >= 0.6 is 11.6 Å². The molecule has 0 aromatic heterocycles. The minimum absolute atomic E-state index is 0.144. The summed E-state index contributed by atoms with van der Waals surface area (Å²) in [6.45, 7) is 3.64. The third kappa shape index (κ3) is 4.97. The van der Waals surface area contributed by atoms with Crippen LogP contribution in [-0.2, 0) is 14.9 Å². The van der Waals surface area contributed by atoms with Crippen molar-refractivity contribution in [3.8, 4) is 11.5 Å². The molecule has 1 N–H and O–H groups in total. The fourth-order valence-electron chi connectivity index (χ4n) is 3.45. The van der Waals surface area contributed by atoms with Crippen molar-refractivity contribution in [1.29, 1.82) is 0 Å². The molecule has 0 radical (unpaired) electrons. The van der Waals surface area contributed by atoms with Crippen molar-refractivity contribution in [2.45, 2.75) is 31.3 Å². The number of halogens is 1. The molecule has 1 aliphatic rings. The summed E-state index contributed by atoms with van der Waals surface area (Å²) in [7, 11) is 1.65. The van der Waals surface area contributed by atoms with Crippen LogP contribution in [0.4, 0.5) is 0 Å². The van der Waals surface area contributed by atoms with Crippen LogP contribution in [0.15, 0.2) is 48.5 Å². The van der Waals surface area contributed by atoms with Gasteiger partial charge in [-0.05, 0) is 61.7 Å². The summed E-state index contributed by atoms with van der Waals surface area (Å²) in [6, 6.07) is 15.0. The average molecular weight is 404 g/mol. The molecule has 1 atom stereocenters. The predicted octanol–water partition coefficient (Wildman–Crippen LogP) is 3.98. The molecule has 0 spiro atoms. The van der Waals surface area contributed by atoms with Crippen LogP contribution in [0.2, 0.25) is 5.02 Å². The molecule has 0 saturated carbocycles. The molecule has 0 aliphatic carbocycles. The molecule has 28 heavy (non-hydrogen) atoms. The van der Waals surface area contributed by atoms with E-state index in [9.17, 15) is 4.79 Å². The topological polar surface area (TPSA) is 56.8 Å². The van der Waals surface area contributed by atoms with Crippen molar-refractivity contribution in [3.63, 3.8) is 0 Å². The molecule has 1 heterocycles. The number of carbonyl (C=O) groups is 1. The van der Waals surface area contributed by atoms with Gasteiger partial charge >= 0.3 is 0 Å². The summed E-state index contributed by atoms with van der Waals surface area (Å²) in [5.41, 5.74) is 1.03. The van der Waals surface area contributed by atoms with Gasteiger partial charge in [-0.1, -0.05) is 23.7 Å². The third-order valence-electron chi connectivity index (χ3n) is 5.25. The molecule has 1 unspecified atom stereocenters. The number of methoxy groups -OCH3 is 1. The SMILES string of the molecule is COc1ccc(C2(CNC(=O)C(C)Oc3ccc(Cl)cc3)CCOCC2)cc1. The van der Waals surface area contributed by atoms with Crippen molar-refractivity contribution in [2.24, 2.45) is 0 Å². The Morgan fingerprint density at radius 1 is 1.11 bits per heavy atom. The van der Waals surface area contributed by atoms with Crippen LogP contribution in [0.5, 0.6) is 11.5 Å². The van der Waals surface area contributed by atoms with E-state index < -0.39 is 6.10 Å². The summed E-state index contributed by atoms with van der Waals surface area (Å²) >= 11 is 5.89. The number of hydrogen-bond donors (Lipinski definition) is 1. The lowest BCUT2D eigenvalue weighted by atomic mass is 9.74. The Balaban J connectivity index is 1.65. The highest BCUT2D eigenvalue weighted by Crippen LogP contribution is 2.35. The van der Waals surface area contributed by atoms with E-state index in [2.05, 4.69) is 17.4 Å². The number of ether oxygens (including phenoxy) is 3. The van der Waals surface area contributed by atoms with Crippen molar-refractivity contribution in [1.82, 2.24) is 5.32 Å². The van der Waals surface area contributed by atoms with E-state index in [1.807, 2.05) is 12.1 Å². The van der Waals surface area contributed by atoms with E-state index in [4.69, 9.17) is 25.8 Å². The van der Waals surface area contributed by atoms with E-state index >= 15 is 0 Å². The maximum absolute atomic E-state index is 12.6. The zero-order chi connectivity index (χ0) is 20.0. The summed E-state index contributed by atoms with van der Waals surface area (Å²) in [5, 5.41) is 3.70. The van der Waals surface area contributed by atoms with E-state index in [0.717, 1.165) is 18.6 Å². The first-order valence-electron chi connectivity index (χ1n) is 9.45. The van der Waals surface area contributed by atoms with Gasteiger partial charge in [-0.2, -0.15) is 0 Å². The highest BCUT2D eigenvalue weighted by atomic mass is 35.5. The summed E-state index contributed by atoms with van der Waals surface area (Å²) in [5.74, 6) is 1.29. The molecule has 1 aliphatic heterocycles. The van der Waals surface area contributed by atoms with Gasteiger partial charge in [0.05, 0.1) is 7.11 Å². The summed E-state index contributed by atoms with van der Waals surface area (Å²) < 4.78 is 16.6. The van der Waals surface area contributed by atoms with Gasteiger partial charge in [0, 0.05) is 30.2 Å². The molecule has 1 saturated heterocycles. The molecule has 150 valence electrons. The van der Waals surface area contributed by atoms with Crippen LogP contribution in [0, 0.1) is 0 Å². The quantitative estimate of drug-likeness (QED) is 0.759. The lowest BCUT2D eigenvalue weighted by molar-refractivity contribution is -0.127. The zero-order valence-corrected chi connectivity index (χ0v) is 17.0. The van der Waals surface area contributed by atoms with Crippen molar-refractivity contribution in [2.75, 3.05) is 26.9 Å². The number of benzene rings is 2. The lowest BCUT2D eigenvalue weighted by Gasteiger charge is -2.38. The lowest BCUT2D eigenvalue weighted by Crippen LogP contribution is -2.47. The Kier molecular flexibility index (Phi) is 6.81. The Labute approximate surface area is 170 Å². The number of carbonyl (C=O) groups excluding carboxylic acids is 1. The average Bonchev–Trinajstić information content (AvgIpc) is 2.74. The van der Waals surface area contributed by atoms with Gasteiger partial charge < -0.3 is 19.5 Å². The standard InChI is InChI=1S/C22H26ClNO4/c1-16(28-20-9-5-18(23)6-10-20)21(25)24-15-22(11-13-27-14-12-22)17-3-7-19(26-2)8-4-17/h3-10,16H,11-15H2,1-2H3,(H,24,25). The summed E-state index contributed by atoms with van der Waals surface area (Å²) in [6.07, 6.45) is 1.10. The van der Waals surface area contributed by atoms with Gasteiger partial charge in [0.25, 0.3) is 5.91 Å². The number of rotatable bonds is 7. The van der Waals surface area contributed by atoms with Crippen molar-refractivity contribution in [3.05, 3.63) is 59.1 Å². The molecule has 2 aromatic carbocycles. The molecule has 0 bridgehead atoms. The van der Waals surface area contributed by atoms with Gasteiger partial charge in [0.15, 0.2) is 6.10 Å². The first-order chi connectivity index (χ1) is 13.5. The van der Waals surface area contributed by atoms with Crippen LogP contribution in [-0.4, -0.2) is 38.9 Å². The molecule has 2 aromatic rings. The maximum Gasteiger partial charge on any atom is 0.260 e. The number of hydrogen-bond acceptors (Lipinski definition) is 4. The smallest absolute Gasteiger partial charge is 0.260 e. The Morgan fingerprint density at radius 3 is 2.32 bits per heavy atom. The Morgan fingerprint density at radius 2 is 1.71 bits per heavy atom. The monoisotopic (exact) mass is 403 g/mol. The number of amides is 1. The molecule has 1 fully saturated rings. The fraction of sp³-hybridized carbons (Fsp3) is 0.409. The van der Waals surface area contributed by atoms with E-state index in [-0.39, 0.29) is 11.3 Å². The third-order valence-corrected chi connectivity index (χ3v) is 5.50. The second kappa shape index (κ2) is 9.30. The zero-order valence-electron chi connectivity index (χ0n) is 16.2. The molecule has 1 amide bonds.